The molecule has 0 saturated heterocycles. The van der Waals surface area contributed by atoms with Crippen molar-refractivity contribution in [2.24, 2.45) is 0 Å². The van der Waals surface area contributed by atoms with Gasteiger partial charge in [0.05, 0.1) is 0 Å². The zero-order valence-electron chi connectivity index (χ0n) is 10.00. The molecule has 2 aliphatic carbocycles. The van der Waals surface area contributed by atoms with Crippen molar-refractivity contribution in [3.05, 3.63) is 0 Å². The van der Waals surface area contributed by atoms with Crippen LogP contribution in [0.1, 0.15) is 44.9 Å². The van der Waals surface area contributed by atoms with Crippen LogP contribution >= 0.6 is 11.8 Å². The molecule has 0 aromatic heterocycles. The average molecular weight is 242 g/mol. The van der Waals surface area contributed by atoms with E-state index < -0.39 is 0 Å². The van der Waals surface area contributed by atoms with Crippen LogP contribution < -0.4 is 10.6 Å². The summed E-state index contributed by atoms with van der Waals surface area (Å²) in [7, 11) is 0. The Morgan fingerprint density at radius 1 is 1.00 bits per heavy atom. The van der Waals surface area contributed by atoms with Crippen LogP contribution in [-0.2, 0) is 0 Å². The number of carbonyl (C=O) groups excluding carboxylic acids is 1. The fourth-order valence-corrected chi connectivity index (χ4v) is 3.15. The predicted octanol–water partition coefficient (Wildman–Crippen LogP) is 2.51. The molecule has 0 atom stereocenters. The van der Waals surface area contributed by atoms with Crippen LogP contribution in [0.5, 0.6) is 0 Å². The lowest BCUT2D eigenvalue weighted by molar-refractivity contribution is 0.221. The van der Waals surface area contributed by atoms with E-state index in [0.717, 1.165) is 30.9 Å². The van der Waals surface area contributed by atoms with Crippen molar-refractivity contribution >= 4 is 17.8 Å². The first-order valence-corrected chi connectivity index (χ1v) is 7.66. The van der Waals surface area contributed by atoms with Crippen LogP contribution in [-0.4, -0.2) is 29.6 Å². The SMILES string of the molecule is CSC1CCC(NC(=O)NC2CCC2)CC1. The van der Waals surface area contributed by atoms with Crippen molar-refractivity contribution in [2.75, 3.05) is 6.26 Å². The molecular formula is C12H22N2OS. The van der Waals surface area contributed by atoms with E-state index in [9.17, 15) is 4.79 Å². The quantitative estimate of drug-likeness (QED) is 0.798. The van der Waals surface area contributed by atoms with Crippen LogP contribution in [0.4, 0.5) is 4.79 Å². The summed E-state index contributed by atoms with van der Waals surface area (Å²) in [5, 5.41) is 6.95. The Balaban J connectivity index is 1.63. The highest BCUT2D eigenvalue weighted by Crippen LogP contribution is 2.26. The van der Waals surface area contributed by atoms with Gasteiger partial charge in [0, 0.05) is 17.3 Å². The van der Waals surface area contributed by atoms with Crippen LogP contribution in [0.2, 0.25) is 0 Å². The molecular weight excluding hydrogens is 220 g/mol. The van der Waals surface area contributed by atoms with Gasteiger partial charge in [-0.05, 0) is 51.2 Å². The van der Waals surface area contributed by atoms with E-state index in [1.807, 2.05) is 11.8 Å². The summed E-state index contributed by atoms with van der Waals surface area (Å²) < 4.78 is 0. The van der Waals surface area contributed by atoms with Gasteiger partial charge in [0.2, 0.25) is 0 Å². The average Bonchev–Trinajstić information content (AvgIpc) is 2.25. The number of carbonyl (C=O) groups is 1. The Bertz CT molecular complexity index is 235. The van der Waals surface area contributed by atoms with Crippen molar-refractivity contribution in [1.29, 1.82) is 0 Å². The van der Waals surface area contributed by atoms with Gasteiger partial charge in [-0.2, -0.15) is 11.8 Å². The molecule has 0 unspecified atom stereocenters. The molecule has 4 heteroatoms. The topological polar surface area (TPSA) is 41.1 Å². The van der Waals surface area contributed by atoms with Gasteiger partial charge in [-0.15, -0.1) is 0 Å². The van der Waals surface area contributed by atoms with E-state index in [0.29, 0.717) is 12.1 Å². The molecule has 2 saturated carbocycles. The zero-order chi connectivity index (χ0) is 11.4. The normalized spacial score (nSPS) is 30.6. The lowest BCUT2D eigenvalue weighted by Crippen LogP contribution is -2.49. The largest absolute Gasteiger partial charge is 0.335 e. The highest BCUT2D eigenvalue weighted by Gasteiger charge is 2.24. The molecule has 0 bridgehead atoms. The Morgan fingerprint density at radius 3 is 2.00 bits per heavy atom. The highest BCUT2D eigenvalue weighted by atomic mass is 32.2. The fraction of sp³-hybridized carbons (Fsp3) is 0.917. The molecule has 3 nitrogen and oxygen atoms in total. The zero-order valence-corrected chi connectivity index (χ0v) is 10.8. The second-order valence-corrected chi connectivity index (χ2v) is 6.09. The minimum Gasteiger partial charge on any atom is -0.335 e. The molecule has 2 N–H and O–H groups in total. The predicted molar refractivity (Wildman–Crippen MR) is 68.9 cm³/mol. The van der Waals surface area contributed by atoms with E-state index in [2.05, 4.69) is 16.9 Å². The monoisotopic (exact) mass is 242 g/mol. The minimum absolute atomic E-state index is 0.0531. The number of thioether (sulfide) groups is 1. The lowest BCUT2D eigenvalue weighted by Gasteiger charge is -2.30. The van der Waals surface area contributed by atoms with Gasteiger partial charge < -0.3 is 10.6 Å². The first-order valence-electron chi connectivity index (χ1n) is 6.37. The van der Waals surface area contributed by atoms with Crippen LogP contribution in [0.3, 0.4) is 0 Å². The standard InChI is InChI=1S/C12H22N2OS/c1-16-11-7-5-10(6-8-11)14-12(15)13-9-3-2-4-9/h9-11H,2-8H2,1H3,(H2,13,14,15). The van der Waals surface area contributed by atoms with Crippen molar-refractivity contribution in [1.82, 2.24) is 10.6 Å². The second-order valence-electron chi connectivity index (χ2n) is 4.95. The number of hydrogen-bond acceptors (Lipinski definition) is 2. The van der Waals surface area contributed by atoms with Gasteiger partial charge in [-0.25, -0.2) is 4.79 Å². The van der Waals surface area contributed by atoms with Crippen LogP contribution in [0, 0.1) is 0 Å². The summed E-state index contributed by atoms with van der Waals surface area (Å²) in [6.45, 7) is 0. The third-order valence-electron chi connectivity index (χ3n) is 3.78. The highest BCUT2D eigenvalue weighted by molar-refractivity contribution is 7.99. The summed E-state index contributed by atoms with van der Waals surface area (Å²) in [5.74, 6) is 0. The van der Waals surface area contributed by atoms with E-state index in [1.54, 1.807) is 0 Å². The number of nitrogens with one attached hydrogen (secondary N) is 2. The van der Waals surface area contributed by atoms with E-state index in [-0.39, 0.29) is 6.03 Å². The number of urea groups is 1. The molecule has 2 aliphatic rings. The van der Waals surface area contributed by atoms with Gasteiger partial charge in [0.25, 0.3) is 0 Å². The van der Waals surface area contributed by atoms with Crippen LogP contribution in [0.25, 0.3) is 0 Å². The van der Waals surface area contributed by atoms with Gasteiger partial charge in [0.1, 0.15) is 0 Å². The van der Waals surface area contributed by atoms with Gasteiger partial charge >= 0.3 is 6.03 Å². The smallest absolute Gasteiger partial charge is 0.315 e. The molecule has 0 aromatic carbocycles. The van der Waals surface area contributed by atoms with Gasteiger partial charge in [-0.1, -0.05) is 0 Å². The van der Waals surface area contributed by atoms with Crippen molar-refractivity contribution in [2.45, 2.75) is 62.3 Å². The van der Waals surface area contributed by atoms with Crippen molar-refractivity contribution in [3.63, 3.8) is 0 Å². The molecule has 2 amide bonds. The summed E-state index contributed by atoms with van der Waals surface area (Å²) in [5.41, 5.74) is 0. The number of hydrogen-bond donors (Lipinski definition) is 2. The van der Waals surface area contributed by atoms with Gasteiger partial charge in [-0.3, -0.25) is 0 Å². The number of rotatable bonds is 3. The molecule has 0 aromatic rings. The maximum absolute atomic E-state index is 11.6. The Labute approximate surface area is 102 Å². The number of amides is 2. The molecule has 0 spiro atoms. The summed E-state index contributed by atoms with van der Waals surface area (Å²) in [6, 6.07) is 0.906. The molecule has 92 valence electrons. The van der Waals surface area contributed by atoms with E-state index in [1.165, 1.54) is 19.3 Å². The van der Waals surface area contributed by atoms with E-state index >= 15 is 0 Å². The van der Waals surface area contributed by atoms with Crippen LogP contribution in [0.15, 0.2) is 0 Å². The van der Waals surface area contributed by atoms with Crippen molar-refractivity contribution in [3.8, 4) is 0 Å². The van der Waals surface area contributed by atoms with Gasteiger partial charge in [0.15, 0.2) is 0 Å². The fourth-order valence-electron chi connectivity index (χ4n) is 2.41. The van der Waals surface area contributed by atoms with Crippen molar-refractivity contribution < 1.29 is 4.79 Å². The first kappa shape index (κ1) is 12.1. The van der Waals surface area contributed by atoms with E-state index in [4.69, 9.17) is 0 Å². The maximum Gasteiger partial charge on any atom is 0.315 e. The third kappa shape index (κ3) is 3.30. The molecule has 16 heavy (non-hydrogen) atoms. The Morgan fingerprint density at radius 2 is 1.56 bits per heavy atom. The molecule has 2 rings (SSSR count). The third-order valence-corrected chi connectivity index (χ3v) is 4.92. The maximum atomic E-state index is 11.6. The second kappa shape index (κ2) is 5.80. The summed E-state index contributed by atoms with van der Waals surface area (Å²) in [4.78, 5) is 11.6. The Hall–Kier alpha value is -0.380. The molecule has 0 radical (unpaired) electrons. The lowest BCUT2D eigenvalue weighted by atomic mass is 9.93. The molecule has 0 aliphatic heterocycles. The minimum atomic E-state index is 0.0531. The molecule has 0 heterocycles. The summed E-state index contributed by atoms with van der Waals surface area (Å²) in [6.07, 6.45) is 10.5. The summed E-state index contributed by atoms with van der Waals surface area (Å²) >= 11 is 1.96. The first-order chi connectivity index (χ1) is 7.78. The Kier molecular flexibility index (Phi) is 4.38. The molecule has 2 fully saturated rings.